The minimum absolute atomic E-state index is 0.584. The summed E-state index contributed by atoms with van der Waals surface area (Å²) >= 11 is 0. The van der Waals surface area contributed by atoms with Gasteiger partial charge in [-0.05, 0) is 13.8 Å². The Morgan fingerprint density at radius 2 is 2.00 bits per heavy atom. The molecule has 0 aromatic carbocycles. The Bertz CT molecular complexity index is 547. The van der Waals surface area contributed by atoms with E-state index in [9.17, 15) is 0 Å². The van der Waals surface area contributed by atoms with Crippen LogP contribution in [0.4, 0.5) is 11.9 Å². The van der Waals surface area contributed by atoms with E-state index in [0.717, 1.165) is 18.7 Å². The van der Waals surface area contributed by atoms with Crippen molar-refractivity contribution >= 4 is 11.9 Å². The lowest BCUT2D eigenvalue weighted by molar-refractivity contribution is 0.660. The predicted octanol–water partition coefficient (Wildman–Crippen LogP) is 1.25. The van der Waals surface area contributed by atoms with Crippen molar-refractivity contribution in [3.05, 3.63) is 12.4 Å². The van der Waals surface area contributed by atoms with Gasteiger partial charge in [-0.2, -0.15) is 20.1 Å². The highest BCUT2D eigenvalue weighted by molar-refractivity contribution is 5.56. The molecule has 0 saturated heterocycles. The Balaban J connectivity index is 2.43. The van der Waals surface area contributed by atoms with Crippen LogP contribution in [0.3, 0.4) is 0 Å². The molecule has 0 aliphatic rings. The van der Waals surface area contributed by atoms with Gasteiger partial charge in [0, 0.05) is 33.4 Å². The van der Waals surface area contributed by atoms with Crippen molar-refractivity contribution in [3.8, 4) is 11.4 Å². The van der Waals surface area contributed by atoms with Gasteiger partial charge in [0.2, 0.25) is 11.9 Å². The van der Waals surface area contributed by atoms with Gasteiger partial charge in [0.05, 0.1) is 11.8 Å². The maximum atomic E-state index is 4.44. The quantitative estimate of drug-likeness (QED) is 0.873. The van der Waals surface area contributed by atoms with E-state index in [2.05, 4.69) is 25.4 Å². The van der Waals surface area contributed by atoms with E-state index in [0.29, 0.717) is 17.7 Å². The third-order valence-corrected chi connectivity index (χ3v) is 2.57. The smallest absolute Gasteiger partial charge is 0.230 e. The van der Waals surface area contributed by atoms with Crippen molar-refractivity contribution in [1.29, 1.82) is 0 Å². The molecular formula is C12H19N7. The molecule has 1 N–H and O–H groups in total. The average Bonchev–Trinajstić information content (AvgIpc) is 2.87. The highest BCUT2D eigenvalue weighted by Gasteiger charge is 2.11. The SMILES string of the molecule is CCNc1nc(-c2cnn(CC)c2)nc(N(C)C)n1. The number of nitrogens with one attached hydrogen (secondary N) is 1. The highest BCUT2D eigenvalue weighted by atomic mass is 15.3. The van der Waals surface area contributed by atoms with E-state index >= 15 is 0 Å². The first-order valence-electron chi connectivity index (χ1n) is 6.34. The maximum absolute atomic E-state index is 4.44. The van der Waals surface area contributed by atoms with Crippen LogP contribution in [-0.4, -0.2) is 45.4 Å². The first-order valence-corrected chi connectivity index (χ1v) is 6.34. The summed E-state index contributed by atoms with van der Waals surface area (Å²) < 4.78 is 1.85. The van der Waals surface area contributed by atoms with Gasteiger partial charge in [-0.15, -0.1) is 0 Å². The minimum atomic E-state index is 0.584. The molecule has 0 saturated carbocycles. The number of anilines is 2. The molecule has 7 heteroatoms. The zero-order valence-corrected chi connectivity index (χ0v) is 11.8. The number of hydrogen-bond acceptors (Lipinski definition) is 6. The van der Waals surface area contributed by atoms with Crippen molar-refractivity contribution in [3.63, 3.8) is 0 Å². The van der Waals surface area contributed by atoms with E-state index in [-0.39, 0.29) is 0 Å². The fraction of sp³-hybridized carbons (Fsp3) is 0.500. The normalized spacial score (nSPS) is 10.5. The van der Waals surface area contributed by atoms with Gasteiger partial charge in [-0.3, -0.25) is 4.68 Å². The van der Waals surface area contributed by atoms with Crippen LogP contribution in [-0.2, 0) is 6.54 Å². The van der Waals surface area contributed by atoms with Gasteiger partial charge in [-0.25, -0.2) is 0 Å². The Morgan fingerprint density at radius 1 is 1.21 bits per heavy atom. The van der Waals surface area contributed by atoms with Gasteiger partial charge < -0.3 is 10.2 Å². The zero-order valence-electron chi connectivity index (χ0n) is 11.8. The number of aromatic nitrogens is 5. The number of nitrogens with zero attached hydrogens (tertiary/aromatic N) is 6. The molecule has 102 valence electrons. The third kappa shape index (κ3) is 2.98. The molecule has 0 aliphatic heterocycles. The van der Waals surface area contributed by atoms with Gasteiger partial charge >= 0.3 is 0 Å². The summed E-state index contributed by atoms with van der Waals surface area (Å²) in [6.45, 7) is 5.64. The molecular weight excluding hydrogens is 242 g/mol. The summed E-state index contributed by atoms with van der Waals surface area (Å²) in [5.41, 5.74) is 0.895. The number of rotatable bonds is 5. The summed E-state index contributed by atoms with van der Waals surface area (Å²) in [5.74, 6) is 1.85. The van der Waals surface area contributed by atoms with Gasteiger partial charge in [0.1, 0.15) is 0 Å². The van der Waals surface area contributed by atoms with Crippen molar-refractivity contribution in [2.45, 2.75) is 20.4 Å². The Hall–Kier alpha value is -2.18. The van der Waals surface area contributed by atoms with E-state index in [1.54, 1.807) is 6.20 Å². The van der Waals surface area contributed by atoms with Crippen LogP contribution < -0.4 is 10.2 Å². The molecule has 2 aromatic heterocycles. The van der Waals surface area contributed by atoms with Crippen LogP contribution in [0.5, 0.6) is 0 Å². The molecule has 19 heavy (non-hydrogen) atoms. The maximum Gasteiger partial charge on any atom is 0.230 e. The van der Waals surface area contributed by atoms with Crippen LogP contribution >= 0.6 is 0 Å². The molecule has 7 nitrogen and oxygen atoms in total. The molecule has 2 heterocycles. The molecule has 0 unspecified atom stereocenters. The monoisotopic (exact) mass is 261 g/mol. The van der Waals surface area contributed by atoms with Crippen LogP contribution in [0, 0.1) is 0 Å². The Labute approximate surface area is 112 Å². The summed E-state index contributed by atoms with van der Waals surface area (Å²) in [4.78, 5) is 15.1. The second kappa shape index (κ2) is 5.64. The molecule has 0 radical (unpaired) electrons. The molecule has 0 bridgehead atoms. The van der Waals surface area contributed by atoms with E-state index in [1.807, 2.05) is 43.7 Å². The summed E-state index contributed by atoms with van der Waals surface area (Å²) in [6, 6.07) is 0. The standard InChI is InChI=1S/C12H19N7/c1-5-13-11-15-10(16-12(17-11)18(3)4)9-7-14-19(6-2)8-9/h7-8H,5-6H2,1-4H3,(H,13,15,16,17). The lowest BCUT2D eigenvalue weighted by Crippen LogP contribution is -2.15. The molecule has 0 atom stereocenters. The van der Waals surface area contributed by atoms with Crippen LogP contribution in [0.2, 0.25) is 0 Å². The Kier molecular flexibility index (Phi) is 3.94. The first kappa shape index (κ1) is 13.3. The van der Waals surface area contributed by atoms with Crippen molar-refractivity contribution in [2.24, 2.45) is 0 Å². The Morgan fingerprint density at radius 3 is 2.58 bits per heavy atom. The van der Waals surface area contributed by atoms with Crippen molar-refractivity contribution < 1.29 is 0 Å². The summed E-state index contributed by atoms with van der Waals surface area (Å²) in [6.07, 6.45) is 3.71. The number of aryl methyl sites for hydroxylation is 1. The van der Waals surface area contributed by atoms with Crippen LogP contribution in [0.25, 0.3) is 11.4 Å². The van der Waals surface area contributed by atoms with E-state index in [1.165, 1.54) is 0 Å². The molecule has 0 amide bonds. The lowest BCUT2D eigenvalue weighted by atomic mass is 10.3. The minimum Gasteiger partial charge on any atom is -0.354 e. The lowest BCUT2D eigenvalue weighted by Gasteiger charge is -2.12. The number of hydrogen-bond donors (Lipinski definition) is 1. The predicted molar refractivity (Wildman–Crippen MR) is 75.2 cm³/mol. The van der Waals surface area contributed by atoms with Crippen molar-refractivity contribution in [1.82, 2.24) is 24.7 Å². The second-order valence-corrected chi connectivity index (χ2v) is 4.29. The molecule has 0 spiro atoms. The topological polar surface area (TPSA) is 71.8 Å². The molecule has 2 rings (SSSR count). The van der Waals surface area contributed by atoms with Crippen LogP contribution in [0.15, 0.2) is 12.4 Å². The molecule has 2 aromatic rings. The second-order valence-electron chi connectivity index (χ2n) is 4.29. The van der Waals surface area contributed by atoms with Gasteiger partial charge in [0.25, 0.3) is 0 Å². The third-order valence-electron chi connectivity index (χ3n) is 2.57. The zero-order chi connectivity index (χ0) is 13.8. The van der Waals surface area contributed by atoms with Gasteiger partial charge in [-0.1, -0.05) is 0 Å². The molecule has 0 fully saturated rings. The van der Waals surface area contributed by atoms with E-state index in [4.69, 9.17) is 0 Å². The highest BCUT2D eigenvalue weighted by Crippen LogP contribution is 2.18. The van der Waals surface area contributed by atoms with Crippen LogP contribution in [0.1, 0.15) is 13.8 Å². The summed E-state index contributed by atoms with van der Waals surface area (Å²) in [5, 5.41) is 7.36. The fourth-order valence-electron chi connectivity index (χ4n) is 1.58. The summed E-state index contributed by atoms with van der Waals surface area (Å²) in [7, 11) is 3.81. The largest absolute Gasteiger partial charge is 0.354 e. The van der Waals surface area contributed by atoms with Gasteiger partial charge in [0.15, 0.2) is 5.82 Å². The molecule has 0 aliphatic carbocycles. The van der Waals surface area contributed by atoms with Crippen molar-refractivity contribution in [2.75, 3.05) is 30.9 Å². The first-order chi connectivity index (χ1) is 9.13. The fourth-order valence-corrected chi connectivity index (χ4v) is 1.58. The van der Waals surface area contributed by atoms with E-state index < -0.39 is 0 Å². The average molecular weight is 261 g/mol.